The third kappa shape index (κ3) is 4.89. The number of quaternary nitrogens is 1. The van der Waals surface area contributed by atoms with Gasteiger partial charge in [0.1, 0.15) is 11.8 Å². The fourth-order valence-corrected chi connectivity index (χ4v) is 4.02. The van der Waals surface area contributed by atoms with Gasteiger partial charge in [-0.2, -0.15) is 0 Å². The first-order chi connectivity index (χ1) is 13.2. The van der Waals surface area contributed by atoms with Crippen molar-refractivity contribution in [3.8, 4) is 5.75 Å². The molecule has 0 bridgehead atoms. The monoisotopic (exact) mass is 366 g/mol. The Bertz CT molecular complexity index is 735. The van der Waals surface area contributed by atoms with Gasteiger partial charge in [-0.05, 0) is 26.0 Å². The van der Waals surface area contributed by atoms with Gasteiger partial charge in [0.25, 0.3) is 0 Å². The van der Waals surface area contributed by atoms with Gasteiger partial charge in [0, 0.05) is 55.0 Å². The fraction of sp³-hybridized carbons (Fsp3) is 0.435. The number of nitrogens with one attached hydrogen (secondary N) is 1. The summed E-state index contributed by atoms with van der Waals surface area (Å²) in [6.07, 6.45) is 4.43. The van der Waals surface area contributed by atoms with Gasteiger partial charge in [0.2, 0.25) is 0 Å². The molecule has 3 rings (SSSR count). The first-order valence-electron chi connectivity index (χ1n) is 10.2. The van der Waals surface area contributed by atoms with Crippen LogP contribution in [-0.2, 0) is 0 Å². The molecule has 1 aliphatic heterocycles. The number of phenols is 1. The maximum Gasteiger partial charge on any atom is 0.133 e. The van der Waals surface area contributed by atoms with E-state index in [9.17, 15) is 5.11 Å². The van der Waals surface area contributed by atoms with Gasteiger partial charge in [-0.3, -0.25) is 4.99 Å². The lowest BCUT2D eigenvalue weighted by Crippen LogP contribution is -3.10. The first kappa shape index (κ1) is 19.4. The summed E-state index contributed by atoms with van der Waals surface area (Å²) in [5.41, 5.74) is 3.19. The molecule has 0 unspecified atom stereocenters. The molecule has 4 nitrogen and oxygen atoms in total. The van der Waals surface area contributed by atoms with Crippen molar-refractivity contribution in [1.29, 1.82) is 0 Å². The van der Waals surface area contributed by atoms with Gasteiger partial charge in [-0.15, -0.1) is 0 Å². The summed E-state index contributed by atoms with van der Waals surface area (Å²) >= 11 is 0. The zero-order valence-corrected chi connectivity index (χ0v) is 16.6. The molecule has 144 valence electrons. The summed E-state index contributed by atoms with van der Waals surface area (Å²) in [4.78, 5) is 8.57. The molecule has 0 amide bonds. The third-order valence-electron chi connectivity index (χ3n) is 5.60. The van der Waals surface area contributed by atoms with Crippen molar-refractivity contribution >= 4 is 11.9 Å². The van der Waals surface area contributed by atoms with E-state index in [1.807, 2.05) is 18.3 Å². The van der Waals surface area contributed by atoms with Crippen LogP contribution in [-0.4, -0.2) is 44.0 Å². The third-order valence-corrected chi connectivity index (χ3v) is 5.60. The SMILES string of the molecule is CCN(CC)c1ccc(C=NC[C@H](c2ccccc2)[NH+]2CCCC2)c(O)c1. The van der Waals surface area contributed by atoms with E-state index in [1.54, 1.807) is 4.90 Å². The molecule has 4 heteroatoms. The summed E-state index contributed by atoms with van der Waals surface area (Å²) in [7, 11) is 0. The van der Waals surface area contributed by atoms with E-state index in [0.717, 1.165) is 30.9 Å². The van der Waals surface area contributed by atoms with Crippen molar-refractivity contribution in [2.24, 2.45) is 4.99 Å². The Morgan fingerprint density at radius 2 is 1.78 bits per heavy atom. The van der Waals surface area contributed by atoms with Crippen molar-refractivity contribution in [2.45, 2.75) is 32.7 Å². The second kappa shape index (κ2) is 9.56. The molecule has 0 aromatic heterocycles. The molecule has 0 spiro atoms. The molecular weight excluding hydrogens is 334 g/mol. The molecule has 2 aromatic rings. The van der Waals surface area contributed by atoms with Crippen LogP contribution in [0.4, 0.5) is 5.69 Å². The minimum Gasteiger partial charge on any atom is -0.507 e. The summed E-state index contributed by atoms with van der Waals surface area (Å²) in [5.74, 6) is 0.299. The number of likely N-dealkylation sites (tertiary alicyclic amines) is 1. The van der Waals surface area contributed by atoms with E-state index in [2.05, 4.69) is 55.1 Å². The number of nitrogens with zero attached hydrogens (tertiary/aromatic N) is 2. The highest BCUT2D eigenvalue weighted by molar-refractivity contribution is 5.84. The van der Waals surface area contributed by atoms with Crippen molar-refractivity contribution in [1.82, 2.24) is 0 Å². The van der Waals surface area contributed by atoms with E-state index in [0.29, 0.717) is 11.8 Å². The van der Waals surface area contributed by atoms with Crippen LogP contribution in [0.5, 0.6) is 5.75 Å². The largest absolute Gasteiger partial charge is 0.507 e. The Balaban J connectivity index is 1.72. The number of benzene rings is 2. The van der Waals surface area contributed by atoms with E-state index in [1.165, 1.54) is 31.5 Å². The number of hydrogen-bond acceptors (Lipinski definition) is 3. The van der Waals surface area contributed by atoms with E-state index >= 15 is 0 Å². The minimum absolute atomic E-state index is 0.299. The maximum absolute atomic E-state index is 10.4. The zero-order chi connectivity index (χ0) is 19.1. The van der Waals surface area contributed by atoms with Crippen LogP contribution in [0, 0.1) is 0 Å². The van der Waals surface area contributed by atoms with E-state index in [-0.39, 0.29) is 0 Å². The van der Waals surface area contributed by atoms with Crippen LogP contribution in [0.3, 0.4) is 0 Å². The normalized spacial score (nSPS) is 16.1. The quantitative estimate of drug-likeness (QED) is 0.705. The van der Waals surface area contributed by atoms with Gasteiger partial charge in [0.15, 0.2) is 0 Å². The lowest BCUT2D eigenvalue weighted by atomic mass is 10.1. The summed E-state index contributed by atoms with van der Waals surface area (Å²) < 4.78 is 0. The Kier molecular flexibility index (Phi) is 6.88. The fourth-order valence-electron chi connectivity index (χ4n) is 4.02. The van der Waals surface area contributed by atoms with Crippen LogP contribution in [0.25, 0.3) is 0 Å². The molecule has 1 fully saturated rings. The molecule has 2 N–H and O–H groups in total. The Morgan fingerprint density at radius 1 is 1.07 bits per heavy atom. The lowest BCUT2D eigenvalue weighted by Gasteiger charge is -2.23. The lowest BCUT2D eigenvalue weighted by molar-refractivity contribution is -0.918. The average molecular weight is 367 g/mol. The molecule has 1 aliphatic rings. The first-order valence-corrected chi connectivity index (χ1v) is 10.2. The summed E-state index contributed by atoms with van der Waals surface area (Å²) in [6, 6.07) is 17.0. The molecule has 1 saturated heterocycles. The maximum atomic E-state index is 10.4. The van der Waals surface area contributed by atoms with Gasteiger partial charge >= 0.3 is 0 Å². The molecule has 0 radical (unpaired) electrons. The van der Waals surface area contributed by atoms with Gasteiger partial charge in [-0.25, -0.2) is 0 Å². The average Bonchev–Trinajstić information content (AvgIpc) is 3.23. The smallest absolute Gasteiger partial charge is 0.133 e. The zero-order valence-electron chi connectivity index (χ0n) is 16.6. The number of anilines is 1. The van der Waals surface area contributed by atoms with Crippen molar-refractivity contribution in [3.05, 3.63) is 59.7 Å². The van der Waals surface area contributed by atoms with Crippen LogP contribution in [0.2, 0.25) is 0 Å². The Labute approximate surface area is 163 Å². The van der Waals surface area contributed by atoms with Crippen LogP contribution >= 0.6 is 0 Å². The van der Waals surface area contributed by atoms with E-state index < -0.39 is 0 Å². The predicted octanol–water partition coefficient (Wildman–Crippen LogP) is 3.08. The molecule has 1 atom stereocenters. The van der Waals surface area contributed by atoms with Crippen molar-refractivity contribution in [3.63, 3.8) is 0 Å². The number of hydrogen-bond donors (Lipinski definition) is 2. The predicted molar refractivity (Wildman–Crippen MR) is 113 cm³/mol. The number of aliphatic imine (C=N–C) groups is 1. The standard InChI is InChI=1S/C23H31N3O/c1-3-25(4-2)21-13-12-20(23(27)16-21)17-24-18-22(26-14-8-9-15-26)19-10-6-5-7-11-19/h5-7,10-13,16-17,22,27H,3-4,8-9,14-15,18H2,1-2H3/p+1/t22-/m1/s1. The molecule has 2 aromatic carbocycles. The molecule has 27 heavy (non-hydrogen) atoms. The summed E-state index contributed by atoms with van der Waals surface area (Å²) in [5, 5.41) is 10.4. The Hall–Kier alpha value is -2.33. The summed E-state index contributed by atoms with van der Waals surface area (Å²) in [6.45, 7) is 9.30. The molecule has 1 heterocycles. The van der Waals surface area contributed by atoms with Crippen molar-refractivity contribution < 1.29 is 10.0 Å². The number of rotatable bonds is 8. The van der Waals surface area contributed by atoms with Gasteiger partial charge < -0.3 is 14.9 Å². The van der Waals surface area contributed by atoms with Gasteiger partial charge in [-0.1, -0.05) is 30.3 Å². The molecule has 0 saturated carbocycles. The van der Waals surface area contributed by atoms with E-state index in [4.69, 9.17) is 4.99 Å². The second-order valence-electron chi connectivity index (χ2n) is 7.24. The number of phenolic OH excluding ortho intramolecular Hbond substituents is 1. The Morgan fingerprint density at radius 3 is 2.41 bits per heavy atom. The minimum atomic E-state index is 0.299. The topological polar surface area (TPSA) is 40.3 Å². The highest BCUT2D eigenvalue weighted by atomic mass is 16.3. The van der Waals surface area contributed by atoms with Gasteiger partial charge in [0.05, 0.1) is 19.6 Å². The number of aromatic hydroxyl groups is 1. The van der Waals surface area contributed by atoms with Crippen molar-refractivity contribution in [2.75, 3.05) is 37.6 Å². The molecule has 0 aliphatic carbocycles. The van der Waals surface area contributed by atoms with Crippen LogP contribution in [0.15, 0.2) is 53.5 Å². The highest BCUT2D eigenvalue weighted by Gasteiger charge is 2.26. The highest BCUT2D eigenvalue weighted by Crippen LogP contribution is 2.23. The molecular formula is C23H32N3O+. The second-order valence-corrected chi connectivity index (χ2v) is 7.24. The van der Waals surface area contributed by atoms with Crippen LogP contribution < -0.4 is 9.80 Å². The van der Waals surface area contributed by atoms with Crippen LogP contribution in [0.1, 0.15) is 43.9 Å².